The SMILES string of the molecule is COCC(O)CNC(=O)NC(C)C(C)C1CCCCC1. The lowest BCUT2D eigenvalue weighted by Gasteiger charge is -2.32. The minimum atomic E-state index is -0.656. The second-order valence-electron chi connectivity index (χ2n) is 6.01. The Labute approximate surface area is 122 Å². The number of ether oxygens (including phenoxy) is 1. The number of aliphatic hydroxyl groups is 1. The van der Waals surface area contributed by atoms with Crippen LogP contribution in [0.4, 0.5) is 4.79 Å². The van der Waals surface area contributed by atoms with Crippen LogP contribution in [0.1, 0.15) is 46.0 Å². The lowest BCUT2D eigenvalue weighted by atomic mass is 9.78. The summed E-state index contributed by atoms with van der Waals surface area (Å²) in [5, 5.41) is 15.1. The lowest BCUT2D eigenvalue weighted by Crippen LogP contribution is -2.47. The number of hydrogen-bond acceptors (Lipinski definition) is 3. The number of urea groups is 1. The van der Waals surface area contributed by atoms with E-state index in [0.29, 0.717) is 5.92 Å². The van der Waals surface area contributed by atoms with Crippen molar-refractivity contribution in [3.05, 3.63) is 0 Å². The van der Waals surface area contributed by atoms with Crippen LogP contribution in [0.3, 0.4) is 0 Å². The molecular weight excluding hydrogens is 256 g/mol. The Bertz CT molecular complexity index is 280. The highest BCUT2D eigenvalue weighted by Gasteiger charge is 2.25. The molecule has 1 saturated carbocycles. The fourth-order valence-corrected chi connectivity index (χ4v) is 2.92. The quantitative estimate of drug-likeness (QED) is 0.669. The molecular formula is C15H30N2O3. The zero-order valence-electron chi connectivity index (χ0n) is 13.0. The van der Waals surface area contributed by atoms with E-state index in [2.05, 4.69) is 24.5 Å². The summed E-state index contributed by atoms with van der Waals surface area (Å²) in [4.78, 5) is 11.8. The average molecular weight is 286 g/mol. The van der Waals surface area contributed by atoms with E-state index in [-0.39, 0.29) is 25.2 Å². The standard InChI is InChI=1S/C15H30N2O3/c1-11(13-7-5-4-6-8-13)12(2)17-15(19)16-9-14(18)10-20-3/h11-14,18H,4-10H2,1-3H3,(H2,16,17,19). The van der Waals surface area contributed by atoms with Gasteiger partial charge >= 0.3 is 6.03 Å². The van der Waals surface area contributed by atoms with Crippen molar-refractivity contribution >= 4 is 6.03 Å². The molecule has 1 fully saturated rings. The second kappa shape index (κ2) is 9.19. The molecule has 0 aromatic rings. The first-order chi connectivity index (χ1) is 9.54. The molecule has 0 saturated heterocycles. The fourth-order valence-electron chi connectivity index (χ4n) is 2.92. The highest BCUT2D eigenvalue weighted by Crippen LogP contribution is 2.31. The zero-order valence-corrected chi connectivity index (χ0v) is 13.0. The van der Waals surface area contributed by atoms with E-state index in [4.69, 9.17) is 4.74 Å². The lowest BCUT2D eigenvalue weighted by molar-refractivity contribution is 0.0658. The number of carbonyl (C=O) groups excluding carboxylic acids is 1. The van der Waals surface area contributed by atoms with Crippen LogP contribution >= 0.6 is 0 Å². The van der Waals surface area contributed by atoms with Crippen molar-refractivity contribution in [1.29, 1.82) is 0 Å². The Morgan fingerprint density at radius 2 is 1.95 bits per heavy atom. The van der Waals surface area contributed by atoms with Crippen LogP contribution in [-0.2, 0) is 4.74 Å². The third-order valence-electron chi connectivity index (χ3n) is 4.40. The Balaban J connectivity index is 2.25. The zero-order chi connectivity index (χ0) is 15.0. The van der Waals surface area contributed by atoms with Crippen molar-refractivity contribution in [2.75, 3.05) is 20.3 Å². The normalized spacial score (nSPS) is 21.0. The molecule has 0 aromatic carbocycles. The number of methoxy groups -OCH3 is 1. The molecule has 3 atom stereocenters. The molecule has 0 radical (unpaired) electrons. The van der Waals surface area contributed by atoms with Crippen molar-refractivity contribution in [2.24, 2.45) is 11.8 Å². The van der Waals surface area contributed by atoms with Gasteiger partial charge in [-0.15, -0.1) is 0 Å². The van der Waals surface area contributed by atoms with Gasteiger partial charge in [0.1, 0.15) is 0 Å². The Morgan fingerprint density at radius 1 is 1.30 bits per heavy atom. The fraction of sp³-hybridized carbons (Fsp3) is 0.933. The van der Waals surface area contributed by atoms with Gasteiger partial charge in [-0.1, -0.05) is 39.0 Å². The number of carbonyl (C=O) groups is 1. The van der Waals surface area contributed by atoms with Crippen molar-refractivity contribution in [3.63, 3.8) is 0 Å². The molecule has 0 bridgehead atoms. The highest BCUT2D eigenvalue weighted by atomic mass is 16.5. The summed E-state index contributed by atoms with van der Waals surface area (Å²) >= 11 is 0. The van der Waals surface area contributed by atoms with E-state index in [0.717, 1.165) is 5.92 Å². The third-order valence-corrected chi connectivity index (χ3v) is 4.40. The molecule has 0 spiro atoms. The molecule has 5 nitrogen and oxygen atoms in total. The molecule has 0 aromatic heterocycles. The van der Waals surface area contributed by atoms with E-state index in [9.17, 15) is 9.90 Å². The Morgan fingerprint density at radius 3 is 2.55 bits per heavy atom. The van der Waals surface area contributed by atoms with Gasteiger partial charge in [0, 0.05) is 19.7 Å². The largest absolute Gasteiger partial charge is 0.389 e. The van der Waals surface area contributed by atoms with E-state index >= 15 is 0 Å². The second-order valence-corrected chi connectivity index (χ2v) is 6.01. The van der Waals surface area contributed by atoms with Crippen LogP contribution in [0.25, 0.3) is 0 Å². The summed E-state index contributed by atoms with van der Waals surface area (Å²) in [6.07, 6.45) is 5.89. The van der Waals surface area contributed by atoms with Crippen molar-refractivity contribution in [2.45, 2.75) is 58.1 Å². The number of aliphatic hydroxyl groups excluding tert-OH is 1. The smallest absolute Gasteiger partial charge is 0.315 e. The van der Waals surface area contributed by atoms with E-state index in [1.54, 1.807) is 0 Å². The Hall–Kier alpha value is -0.810. The van der Waals surface area contributed by atoms with Gasteiger partial charge in [-0.3, -0.25) is 0 Å². The van der Waals surface area contributed by atoms with Gasteiger partial charge in [0.25, 0.3) is 0 Å². The van der Waals surface area contributed by atoms with Crippen LogP contribution in [0.5, 0.6) is 0 Å². The van der Waals surface area contributed by atoms with Gasteiger partial charge < -0.3 is 20.5 Å². The highest BCUT2D eigenvalue weighted by molar-refractivity contribution is 5.74. The number of rotatable bonds is 7. The molecule has 0 heterocycles. The number of amides is 2. The summed E-state index contributed by atoms with van der Waals surface area (Å²) in [6.45, 7) is 4.73. The van der Waals surface area contributed by atoms with Gasteiger partial charge in [0.2, 0.25) is 0 Å². The minimum Gasteiger partial charge on any atom is -0.389 e. The van der Waals surface area contributed by atoms with Crippen molar-refractivity contribution in [1.82, 2.24) is 10.6 Å². The monoisotopic (exact) mass is 286 g/mol. The third kappa shape index (κ3) is 6.09. The van der Waals surface area contributed by atoms with E-state index < -0.39 is 6.10 Å². The summed E-state index contributed by atoms with van der Waals surface area (Å²) in [7, 11) is 1.53. The molecule has 5 heteroatoms. The van der Waals surface area contributed by atoms with Crippen LogP contribution in [0, 0.1) is 11.8 Å². The van der Waals surface area contributed by atoms with Gasteiger partial charge in [0.05, 0.1) is 12.7 Å². The van der Waals surface area contributed by atoms with Gasteiger partial charge in [-0.25, -0.2) is 4.79 Å². The topological polar surface area (TPSA) is 70.6 Å². The van der Waals surface area contributed by atoms with Crippen LogP contribution < -0.4 is 10.6 Å². The van der Waals surface area contributed by atoms with Crippen LogP contribution in [-0.4, -0.2) is 43.5 Å². The maximum absolute atomic E-state index is 11.8. The van der Waals surface area contributed by atoms with E-state index in [1.165, 1.54) is 39.2 Å². The summed E-state index contributed by atoms with van der Waals surface area (Å²) in [5.74, 6) is 1.21. The molecule has 0 aliphatic heterocycles. The molecule has 1 aliphatic rings. The minimum absolute atomic E-state index is 0.151. The average Bonchev–Trinajstić information content (AvgIpc) is 2.45. The molecule has 118 valence electrons. The first-order valence-electron chi connectivity index (χ1n) is 7.76. The molecule has 1 aliphatic carbocycles. The van der Waals surface area contributed by atoms with Crippen molar-refractivity contribution < 1.29 is 14.6 Å². The van der Waals surface area contributed by atoms with Crippen LogP contribution in [0.2, 0.25) is 0 Å². The first kappa shape index (κ1) is 17.2. The van der Waals surface area contributed by atoms with Crippen molar-refractivity contribution in [3.8, 4) is 0 Å². The summed E-state index contributed by atoms with van der Waals surface area (Å²) in [6, 6.07) is -0.0621. The predicted octanol–water partition coefficient (Wildman–Crippen LogP) is 1.90. The first-order valence-corrected chi connectivity index (χ1v) is 7.76. The number of nitrogens with one attached hydrogen (secondary N) is 2. The summed E-state index contributed by atoms with van der Waals surface area (Å²) in [5.41, 5.74) is 0. The van der Waals surface area contributed by atoms with Crippen LogP contribution in [0.15, 0.2) is 0 Å². The maximum Gasteiger partial charge on any atom is 0.315 e. The maximum atomic E-state index is 11.8. The Kier molecular flexibility index (Phi) is 7.92. The molecule has 2 amide bonds. The van der Waals surface area contributed by atoms with Gasteiger partial charge in [0.15, 0.2) is 0 Å². The number of hydrogen-bond donors (Lipinski definition) is 3. The molecule has 20 heavy (non-hydrogen) atoms. The van der Waals surface area contributed by atoms with Gasteiger partial charge in [-0.05, 0) is 18.8 Å². The molecule has 3 N–H and O–H groups in total. The molecule has 1 rings (SSSR count). The van der Waals surface area contributed by atoms with E-state index in [1.807, 2.05) is 0 Å². The molecule has 3 unspecified atom stereocenters. The predicted molar refractivity (Wildman–Crippen MR) is 79.6 cm³/mol. The van der Waals surface area contributed by atoms with Gasteiger partial charge in [-0.2, -0.15) is 0 Å². The summed E-state index contributed by atoms with van der Waals surface area (Å²) < 4.78 is 4.81.